The lowest BCUT2D eigenvalue weighted by Gasteiger charge is -2.24. The summed E-state index contributed by atoms with van der Waals surface area (Å²) in [6.07, 6.45) is 0. The molecule has 1 aromatic rings. The predicted molar refractivity (Wildman–Crippen MR) is 67.0 cm³/mol. The molecule has 0 unspecified atom stereocenters. The molecule has 0 aliphatic heterocycles. The quantitative estimate of drug-likeness (QED) is 0.790. The van der Waals surface area contributed by atoms with Crippen molar-refractivity contribution in [2.75, 3.05) is 0 Å². The van der Waals surface area contributed by atoms with Crippen LogP contribution in [-0.4, -0.2) is 6.04 Å². The van der Waals surface area contributed by atoms with E-state index in [9.17, 15) is 0 Å². The monoisotopic (exact) mass is 205 g/mol. The minimum atomic E-state index is 0.434. The van der Waals surface area contributed by atoms with Gasteiger partial charge in [0.2, 0.25) is 0 Å². The van der Waals surface area contributed by atoms with E-state index in [-0.39, 0.29) is 0 Å². The van der Waals surface area contributed by atoms with Gasteiger partial charge in [0, 0.05) is 12.1 Å². The molecule has 1 N–H and O–H groups in total. The zero-order valence-corrected chi connectivity index (χ0v) is 10.5. The maximum Gasteiger partial charge on any atom is 0.0296 e. The van der Waals surface area contributed by atoms with E-state index in [1.165, 1.54) is 11.1 Å². The third-order valence-electron chi connectivity index (χ3n) is 3.17. The first kappa shape index (κ1) is 12.3. The second-order valence-corrected chi connectivity index (χ2v) is 4.78. The molecule has 1 rings (SSSR count). The van der Waals surface area contributed by atoms with E-state index in [0.717, 1.165) is 0 Å². The van der Waals surface area contributed by atoms with E-state index in [1.54, 1.807) is 0 Å². The molecule has 1 nitrogen and oxygen atoms in total. The standard InChI is InChI=1S/C14H23N/c1-10(2)12(4)15-13(5)14-9-7-6-8-11(14)3/h6-10,12-13,15H,1-5H3/t12-,13+/m1/s1. The second kappa shape index (κ2) is 5.32. The Morgan fingerprint density at radius 3 is 2.13 bits per heavy atom. The Morgan fingerprint density at radius 1 is 1.00 bits per heavy atom. The lowest BCUT2D eigenvalue weighted by atomic mass is 9.99. The fourth-order valence-electron chi connectivity index (χ4n) is 1.75. The maximum atomic E-state index is 3.64. The third kappa shape index (κ3) is 3.35. The lowest BCUT2D eigenvalue weighted by Crippen LogP contribution is -2.33. The van der Waals surface area contributed by atoms with Crippen molar-refractivity contribution in [2.24, 2.45) is 5.92 Å². The minimum absolute atomic E-state index is 0.434. The molecule has 15 heavy (non-hydrogen) atoms. The van der Waals surface area contributed by atoms with Crippen molar-refractivity contribution in [3.05, 3.63) is 35.4 Å². The summed E-state index contributed by atoms with van der Waals surface area (Å²) in [5, 5.41) is 3.64. The van der Waals surface area contributed by atoms with Crippen LogP contribution in [-0.2, 0) is 0 Å². The largest absolute Gasteiger partial charge is 0.307 e. The third-order valence-corrected chi connectivity index (χ3v) is 3.17. The van der Waals surface area contributed by atoms with Crippen LogP contribution in [0.2, 0.25) is 0 Å². The topological polar surface area (TPSA) is 12.0 Å². The van der Waals surface area contributed by atoms with Crippen molar-refractivity contribution in [3.8, 4) is 0 Å². The van der Waals surface area contributed by atoms with Gasteiger partial charge in [-0.25, -0.2) is 0 Å². The van der Waals surface area contributed by atoms with Crippen LogP contribution < -0.4 is 5.32 Å². The molecule has 0 radical (unpaired) electrons. The highest BCUT2D eigenvalue weighted by molar-refractivity contribution is 5.28. The summed E-state index contributed by atoms with van der Waals surface area (Å²) < 4.78 is 0. The second-order valence-electron chi connectivity index (χ2n) is 4.78. The summed E-state index contributed by atoms with van der Waals surface area (Å²) in [5.74, 6) is 0.677. The van der Waals surface area contributed by atoms with Crippen LogP contribution in [0.15, 0.2) is 24.3 Å². The maximum absolute atomic E-state index is 3.64. The van der Waals surface area contributed by atoms with Gasteiger partial charge in [0.1, 0.15) is 0 Å². The van der Waals surface area contributed by atoms with Gasteiger partial charge in [-0.05, 0) is 37.8 Å². The first-order valence-corrected chi connectivity index (χ1v) is 5.84. The van der Waals surface area contributed by atoms with Gasteiger partial charge in [0.15, 0.2) is 0 Å². The van der Waals surface area contributed by atoms with Crippen LogP contribution in [0.4, 0.5) is 0 Å². The lowest BCUT2D eigenvalue weighted by molar-refractivity contribution is 0.388. The van der Waals surface area contributed by atoms with Crippen molar-refractivity contribution in [1.29, 1.82) is 0 Å². The predicted octanol–water partition coefficient (Wildman–Crippen LogP) is 3.69. The van der Waals surface area contributed by atoms with E-state index in [1.807, 2.05) is 0 Å². The molecule has 0 spiro atoms. The normalized spacial score (nSPS) is 15.3. The highest BCUT2D eigenvalue weighted by Gasteiger charge is 2.12. The molecular formula is C14H23N. The van der Waals surface area contributed by atoms with Gasteiger partial charge in [-0.3, -0.25) is 0 Å². The summed E-state index contributed by atoms with van der Waals surface area (Å²) in [6.45, 7) is 11.2. The summed E-state index contributed by atoms with van der Waals surface area (Å²) in [4.78, 5) is 0. The molecule has 0 aliphatic rings. The average Bonchev–Trinajstić information content (AvgIpc) is 2.18. The van der Waals surface area contributed by atoms with Gasteiger partial charge in [-0.2, -0.15) is 0 Å². The Balaban J connectivity index is 2.69. The summed E-state index contributed by atoms with van der Waals surface area (Å²) in [6, 6.07) is 9.58. The smallest absolute Gasteiger partial charge is 0.0296 e. The van der Waals surface area contributed by atoms with Gasteiger partial charge < -0.3 is 5.32 Å². The molecule has 2 atom stereocenters. The molecule has 0 aliphatic carbocycles. The molecule has 84 valence electrons. The molecule has 0 aromatic heterocycles. The van der Waals surface area contributed by atoms with Gasteiger partial charge in [0.05, 0.1) is 0 Å². The number of aryl methyl sites for hydroxylation is 1. The summed E-state index contributed by atoms with van der Waals surface area (Å²) >= 11 is 0. The Kier molecular flexibility index (Phi) is 4.34. The van der Waals surface area contributed by atoms with Gasteiger partial charge in [-0.1, -0.05) is 38.1 Å². The molecule has 0 saturated carbocycles. The molecular weight excluding hydrogens is 182 g/mol. The van der Waals surface area contributed by atoms with Crippen LogP contribution in [0.25, 0.3) is 0 Å². The van der Waals surface area contributed by atoms with Crippen molar-refractivity contribution in [1.82, 2.24) is 5.32 Å². The highest BCUT2D eigenvalue weighted by Crippen LogP contribution is 2.18. The molecule has 0 amide bonds. The molecule has 0 bridgehead atoms. The number of rotatable bonds is 4. The SMILES string of the molecule is Cc1ccccc1[C@H](C)N[C@H](C)C(C)C. The Labute approximate surface area is 93.9 Å². The van der Waals surface area contributed by atoms with Crippen molar-refractivity contribution in [2.45, 2.75) is 46.7 Å². The van der Waals surface area contributed by atoms with Crippen LogP contribution in [0.5, 0.6) is 0 Å². The molecule has 0 fully saturated rings. The van der Waals surface area contributed by atoms with E-state index in [0.29, 0.717) is 18.0 Å². The summed E-state index contributed by atoms with van der Waals surface area (Å²) in [7, 11) is 0. The fraction of sp³-hybridized carbons (Fsp3) is 0.571. The summed E-state index contributed by atoms with van der Waals surface area (Å²) in [5.41, 5.74) is 2.78. The Bertz CT molecular complexity index is 304. The fourth-order valence-corrected chi connectivity index (χ4v) is 1.75. The van der Waals surface area contributed by atoms with Gasteiger partial charge in [-0.15, -0.1) is 0 Å². The highest BCUT2D eigenvalue weighted by atomic mass is 14.9. The Hall–Kier alpha value is -0.820. The number of hydrogen-bond donors (Lipinski definition) is 1. The van der Waals surface area contributed by atoms with Crippen molar-refractivity contribution in [3.63, 3.8) is 0 Å². The number of benzene rings is 1. The van der Waals surface area contributed by atoms with Crippen LogP contribution in [0.1, 0.15) is 44.9 Å². The Morgan fingerprint density at radius 2 is 1.60 bits per heavy atom. The minimum Gasteiger partial charge on any atom is -0.307 e. The number of nitrogens with one attached hydrogen (secondary N) is 1. The average molecular weight is 205 g/mol. The molecule has 1 aromatic carbocycles. The number of hydrogen-bond acceptors (Lipinski definition) is 1. The van der Waals surface area contributed by atoms with Crippen LogP contribution >= 0.6 is 0 Å². The van der Waals surface area contributed by atoms with E-state index < -0.39 is 0 Å². The zero-order chi connectivity index (χ0) is 11.4. The van der Waals surface area contributed by atoms with Gasteiger partial charge in [0.25, 0.3) is 0 Å². The van der Waals surface area contributed by atoms with Crippen LogP contribution in [0, 0.1) is 12.8 Å². The van der Waals surface area contributed by atoms with E-state index >= 15 is 0 Å². The molecule has 1 heteroatoms. The van der Waals surface area contributed by atoms with Crippen LogP contribution in [0.3, 0.4) is 0 Å². The van der Waals surface area contributed by atoms with Gasteiger partial charge >= 0.3 is 0 Å². The first-order valence-electron chi connectivity index (χ1n) is 5.84. The zero-order valence-electron chi connectivity index (χ0n) is 10.5. The van der Waals surface area contributed by atoms with E-state index in [4.69, 9.17) is 0 Å². The molecule has 0 heterocycles. The first-order chi connectivity index (χ1) is 7.02. The molecule has 0 saturated heterocycles. The van der Waals surface area contributed by atoms with Crippen molar-refractivity contribution >= 4 is 0 Å². The van der Waals surface area contributed by atoms with E-state index in [2.05, 4.69) is 64.2 Å². The van der Waals surface area contributed by atoms with Crippen molar-refractivity contribution < 1.29 is 0 Å².